The van der Waals surface area contributed by atoms with E-state index in [0.717, 1.165) is 33.2 Å². The van der Waals surface area contributed by atoms with E-state index in [9.17, 15) is 5.11 Å². The van der Waals surface area contributed by atoms with E-state index in [4.69, 9.17) is 14.5 Å². The number of aromatic nitrogens is 1. The fourth-order valence-electron chi connectivity index (χ4n) is 2.70. The molecule has 0 saturated carbocycles. The van der Waals surface area contributed by atoms with Crippen LogP contribution in [0.15, 0.2) is 58.9 Å². The third kappa shape index (κ3) is 3.98. The van der Waals surface area contributed by atoms with Gasteiger partial charge in [-0.3, -0.25) is 0 Å². The normalized spacial score (nSPS) is 11.6. The highest BCUT2D eigenvalue weighted by Gasteiger charge is 2.10. The number of ether oxygens (including phenoxy) is 2. The molecule has 0 saturated heterocycles. The van der Waals surface area contributed by atoms with Crippen molar-refractivity contribution in [1.29, 1.82) is 0 Å². The van der Waals surface area contributed by atoms with Gasteiger partial charge in [-0.15, -0.1) is 11.3 Å². The Morgan fingerprint density at radius 3 is 2.69 bits per heavy atom. The van der Waals surface area contributed by atoms with Crippen LogP contribution in [0.1, 0.15) is 6.42 Å². The molecule has 0 atom stereocenters. The molecule has 3 aromatic rings. The summed E-state index contributed by atoms with van der Waals surface area (Å²) in [4.78, 5) is 5.66. The second-order valence-electron chi connectivity index (χ2n) is 5.65. The number of hydrogen-bond donors (Lipinski definition) is 1. The molecule has 0 bridgehead atoms. The van der Waals surface area contributed by atoms with Crippen LogP contribution in [0.4, 0.5) is 5.69 Å². The number of aliphatic hydroxyl groups is 1. The number of hydrogen-bond acceptors (Lipinski definition) is 5. The zero-order chi connectivity index (χ0) is 18.4. The first-order valence-corrected chi connectivity index (χ1v) is 9.26. The van der Waals surface area contributed by atoms with Crippen molar-refractivity contribution in [3.8, 4) is 22.8 Å². The molecular weight excluding hydrogens is 348 g/mol. The Bertz CT molecular complexity index is 931. The summed E-state index contributed by atoms with van der Waals surface area (Å²) in [5.74, 6) is 1.54. The number of benzene rings is 2. The third-order valence-electron chi connectivity index (χ3n) is 4.00. The van der Waals surface area contributed by atoms with Crippen LogP contribution in [0.5, 0.6) is 11.5 Å². The minimum Gasteiger partial charge on any atom is -0.497 e. The Balaban J connectivity index is 2.11. The topological polar surface area (TPSA) is 56.0 Å². The van der Waals surface area contributed by atoms with E-state index in [1.807, 2.05) is 48.5 Å². The summed E-state index contributed by atoms with van der Waals surface area (Å²) in [5, 5.41) is 11.4. The molecule has 0 aliphatic heterocycles. The van der Waals surface area contributed by atoms with Gasteiger partial charge in [-0.2, -0.15) is 0 Å². The summed E-state index contributed by atoms with van der Waals surface area (Å²) >= 11 is 1.57. The zero-order valence-electron chi connectivity index (χ0n) is 14.9. The third-order valence-corrected chi connectivity index (χ3v) is 4.87. The van der Waals surface area contributed by atoms with Crippen LogP contribution in [0.3, 0.4) is 0 Å². The van der Waals surface area contributed by atoms with Gasteiger partial charge in [0, 0.05) is 24.1 Å². The van der Waals surface area contributed by atoms with E-state index in [1.165, 1.54) is 0 Å². The average Bonchev–Trinajstić information content (AvgIpc) is 3.09. The van der Waals surface area contributed by atoms with Gasteiger partial charge in [0.15, 0.2) is 4.80 Å². The molecule has 0 amide bonds. The number of aliphatic hydroxyl groups excluding tert-OH is 1. The monoisotopic (exact) mass is 370 g/mol. The Morgan fingerprint density at radius 2 is 1.92 bits per heavy atom. The average molecular weight is 370 g/mol. The summed E-state index contributed by atoms with van der Waals surface area (Å²) < 4.78 is 12.9. The van der Waals surface area contributed by atoms with E-state index in [2.05, 4.69) is 9.95 Å². The van der Waals surface area contributed by atoms with Gasteiger partial charge < -0.3 is 19.1 Å². The smallest absolute Gasteiger partial charge is 0.190 e. The molecule has 0 unspecified atom stereocenters. The highest BCUT2D eigenvalue weighted by molar-refractivity contribution is 7.07. The van der Waals surface area contributed by atoms with Gasteiger partial charge in [0.05, 0.1) is 19.9 Å². The van der Waals surface area contributed by atoms with Crippen LogP contribution >= 0.6 is 11.3 Å². The Hall–Kier alpha value is -2.57. The first-order valence-electron chi connectivity index (χ1n) is 8.38. The van der Waals surface area contributed by atoms with Crippen LogP contribution in [0, 0.1) is 0 Å². The summed E-state index contributed by atoms with van der Waals surface area (Å²) in [7, 11) is 3.30. The second-order valence-corrected chi connectivity index (χ2v) is 6.48. The Morgan fingerprint density at radius 1 is 1.08 bits per heavy atom. The van der Waals surface area contributed by atoms with Gasteiger partial charge in [0.25, 0.3) is 0 Å². The molecule has 0 aliphatic rings. The zero-order valence-corrected chi connectivity index (χ0v) is 15.7. The van der Waals surface area contributed by atoms with Crippen molar-refractivity contribution in [1.82, 2.24) is 4.57 Å². The summed E-state index contributed by atoms with van der Waals surface area (Å²) in [6.45, 7) is 0.815. The van der Waals surface area contributed by atoms with E-state index < -0.39 is 0 Å². The summed E-state index contributed by atoms with van der Waals surface area (Å²) in [6, 6.07) is 15.6. The molecule has 1 aromatic heterocycles. The summed E-state index contributed by atoms with van der Waals surface area (Å²) in [6.07, 6.45) is 0.660. The second kappa shape index (κ2) is 8.69. The maximum Gasteiger partial charge on any atom is 0.190 e. The van der Waals surface area contributed by atoms with E-state index in [1.54, 1.807) is 25.6 Å². The van der Waals surface area contributed by atoms with Crippen molar-refractivity contribution in [3.05, 3.63) is 58.7 Å². The molecule has 5 nitrogen and oxygen atoms in total. The lowest BCUT2D eigenvalue weighted by atomic mass is 10.1. The minimum atomic E-state index is 0.133. The van der Waals surface area contributed by atoms with Crippen LogP contribution in [0.25, 0.3) is 11.3 Å². The lowest BCUT2D eigenvalue weighted by Gasteiger charge is -2.10. The van der Waals surface area contributed by atoms with Crippen molar-refractivity contribution in [2.75, 3.05) is 20.8 Å². The fraction of sp³-hybridized carbons (Fsp3) is 0.250. The molecule has 0 aliphatic carbocycles. The van der Waals surface area contributed by atoms with Gasteiger partial charge in [0.1, 0.15) is 17.2 Å². The van der Waals surface area contributed by atoms with Crippen molar-refractivity contribution in [2.45, 2.75) is 13.0 Å². The van der Waals surface area contributed by atoms with E-state index >= 15 is 0 Å². The summed E-state index contributed by atoms with van der Waals surface area (Å²) in [5.41, 5.74) is 2.89. The van der Waals surface area contributed by atoms with Gasteiger partial charge in [0.2, 0.25) is 0 Å². The maximum absolute atomic E-state index is 9.29. The molecule has 2 aromatic carbocycles. The minimum absolute atomic E-state index is 0.133. The lowest BCUT2D eigenvalue weighted by Crippen LogP contribution is -2.16. The van der Waals surface area contributed by atoms with Gasteiger partial charge in [-0.05, 0) is 30.7 Å². The lowest BCUT2D eigenvalue weighted by molar-refractivity contribution is 0.279. The predicted molar refractivity (Wildman–Crippen MR) is 104 cm³/mol. The highest BCUT2D eigenvalue weighted by atomic mass is 32.1. The number of methoxy groups -OCH3 is 2. The largest absolute Gasteiger partial charge is 0.497 e. The molecule has 0 spiro atoms. The van der Waals surface area contributed by atoms with Crippen LogP contribution in [0.2, 0.25) is 0 Å². The van der Waals surface area contributed by atoms with Crippen LogP contribution in [-0.4, -0.2) is 30.5 Å². The maximum atomic E-state index is 9.29. The molecular formula is C20H22N2O3S. The first kappa shape index (κ1) is 18.2. The Kier molecular flexibility index (Phi) is 6.09. The number of para-hydroxylation sites is 2. The van der Waals surface area contributed by atoms with Gasteiger partial charge in [-0.25, -0.2) is 4.99 Å². The van der Waals surface area contributed by atoms with Crippen LogP contribution < -0.4 is 14.3 Å². The van der Waals surface area contributed by atoms with Crippen molar-refractivity contribution >= 4 is 17.0 Å². The number of rotatable bonds is 7. The van der Waals surface area contributed by atoms with Crippen molar-refractivity contribution in [2.24, 2.45) is 4.99 Å². The number of thiazole rings is 1. The molecule has 1 heterocycles. The molecule has 1 N–H and O–H groups in total. The SMILES string of the molecule is COc1cccc(-c2csc(=Nc3ccccc3OC)n2CCCO)c1. The number of nitrogens with zero attached hydrogens (tertiary/aromatic N) is 2. The highest BCUT2D eigenvalue weighted by Crippen LogP contribution is 2.28. The van der Waals surface area contributed by atoms with Crippen LogP contribution in [-0.2, 0) is 6.54 Å². The predicted octanol–water partition coefficient (Wildman–Crippen LogP) is 3.85. The molecule has 3 rings (SSSR count). The molecule has 0 fully saturated rings. The van der Waals surface area contributed by atoms with Crippen molar-refractivity contribution in [3.63, 3.8) is 0 Å². The molecule has 26 heavy (non-hydrogen) atoms. The Labute approximate surface area is 156 Å². The van der Waals surface area contributed by atoms with Gasteiger partial charge >= 0.3 is 0 Å². The molecule has 136 valence electrons. The quantitative estimate of drug-likeness (QED) is 0.687. The standard InChI is InChI=1S/C20H22N2O3S/c1-24-16-8-5-7-15(13-16)18-14-26-20(22(18)11-6-12-23)21-17-9-3-4-10-19(17)25-2/h3-5,7-10,13-14,23H,6,11-12H2,1-2H3. The first-order chi connectivity index (χ1) is 12.8. The molecule has 0 radical (unpaired) electrons. The van der Waals surface area contributed by atoms with E-state index in [0.29, 0.717) is 13.0 Å². The fourth-order valence-corrected chi connectivity index (χ4v) is 3.65. The van der Waals surface area contributed by atoms with Gasteiger partial charge in [-0.1, -0.05) is 24.3 Å². The van der Waals surface area contributed by atoms with E-state index in [-0.39, 0.29) is 6.61 Å². The van der Waals surface area contributed by atoms with Crippen molar-refractivity contribution < 1.29 is 14.6 Å². The molecule has 6 heteroatoms.